The van der Waals surface area contributed by atoms with E-state index in [0.29, 0.717) is 0 Å². The maximum Gasteiger partial charge on any atom is 2.00 e. The summed E-state index contributed by atoms with van der Waals surface area (Å²) < 4.78 is 0. The van der Waals surface area contributed by atoms with Crippen molar-refractivity contribution in [3.8, 4) is 0 Å². The molecule has 0 heterocycles. The molecule has 0 saturated carbocycles. The van der Waals surface area contributed by atoms with Gasteiger partial charge in [-0.3, -0.25) is 0 Å². The minimum absolute atomic E-state index is 0. The molecule has 8 aromatic carbocycles. The zero-order valence-corrected chi connectivity index (χ0v) is 35.1. The van der Waals surface area contributed by atoms with Gasteiger partial charge in [-0.2, -0.15) is 9.79 Å². The Bertz CT molecular complexity index is 1730. The summed E-state index contributed by atoms with van der Waals surface area (Å²) in [5, 5.41) is 8.61. The predicted molar refractivity (Wildman–Crippen MR) is 237 cm³/mol. The molecule has 0 atom stereocenters. The number of benzene rings is 8. The Kier molecular flexibility index (Phi) is 18.9. The van der Waals surface area contributed by atoms with Crippen molar-refractivity contribution in [2.24, 2.45) is 0 Å². The van der Waals surface area contributed by atoms with Gasteiger partial charge >= 0.3 is 21.1 Å². The molecule has 53 heavy (non-hydrogen) atoms. The van der Waals surface area contributed by atoms with Crippen molar-refractivity contribution in [2.75, 3.05) is 0 Å². The zero-order valence-electron chi connectivity index (χ0n) is 29.2. The first-order valence-corrected chi connectivity index (χ1v) is 21.0. The van der Waals surface area contributed by atoms with Crippen molar-refractivity contribution in [3.63, 3.8) is 0 Å². The molecule has 0 spiro atoms. The van der Waals surface area contributed by atoms with Crippen LogP contribution in [0.3, 0.4) is 0 Å². The van der Waals surface area contributed by atoms with Crippen molar-refractivity contribution in [3.05, 3.63) is 243 Å². The molecule has 0 aromatic heterocycles. The fourth-order valence-corrected chi connectivity index (χ4v) is 10.9. The van der Waals surface area contributed by atoms with Gasteiger partial charge in [0, 0.05) is 0 Å². The largest absolute Gasteiger partial charge is 2.00 e. The first kappa shape index (κ1) is 41.5. The van der Waals surface area contributed by atoms with Gasteiger partial charge in [-0.15, -0.1) is 0 Å². The van der Waals surface area contributed by atoms with Crippen LogP contribution in [-0.2, 0) is 46.3 Å². The average molecular weight is 940 g/mol. The number of hydrogen-bond donors (Lipinski definition) is 0. The van der Waals surface area contributed by atoms with Gasteiger partial charge in [0.1, 0.15) is 31.8 Å². The van der Waals surface area contributed by atoms with E-state index in [9.17, 15) is 0 Å². The Hall–Kier alpha value is -4.25. The Balaban J connectivity index is 0.000000172. The second-order valence-electron chi connectivity index (χ2n) is 11.6. The molecular weight excluding hydrogens is 898 g/mol. The van der Waals surface area contributed by atoms with Crippen LogP contribution in [0.1, 0.15) is 0 Å². The van der Waals surface area contributed by atoms with E-state index in [4.69, 9.17) is 25.3 Å². The van der Waals surface area contributed by atoms with Crippen LogP contribution in [0.5, 0.6) is 0 Å². The van der Waals surface area contributed by atoms with Gasteiger partial charge in [0.2, 0.25) is 0 Å². The summed E-state index contributed by atoms with van der Waals surface area (Å²) in [7, 11) is -1.75. The SMILES string of the molecule is [Pt+2].[S-]c1ccccc1.[S-]c1ccccc1.c1ccc([PH+](c2ccccc2)c2ccccc2)cc1.c1ccc([PH+](c2ccccc2)c2ccccc2)cc1. The average Bonchev–Trinajstić information content (AvgIpc) is 3.22. The van der Waals surface area contributed by atoms with Crippen LogP contribution >= 0.6 is 15.8 Å². The summed E-state index contributed by atoms with van der Waals surface area (Å²) in [4.78, 5) is 1.81. The van der Waals surface area contributed by atoms with Crippen LogP contribution in [-0.4, -0.2) is 0 Å². The molecule has 0 aliphatic rings. The van der Waals surface area contributed by atoms with E-state index in [1.165, 1.54) is 31.8 Å². The standard InChI is InChI=1S/2C18H15P.2C6H6S.Pt/c2*1-4-10-16(11-5-1)19(17-12-6-2-7-13-17)18-14-8-3-9-15-18;2*7-6-4-2-1-3-5-6;/h2*1-15H;2*1-5,7H;/q;;;;+2. The summed E-state index contributed by atoms with van der Waals surface area (Å²) in [5.41, 5.74) is 0. The third-order valence-electron chi connectivity index (χ3n) is 7.86. The molecule has 8 aromatic rings. The summed E-state index contributed by atoms with van der Waals surface area (Å²) >= 11 is 9.62. The van der Waals surface area contributed by atoms with E-state index in [1.807, 2.05) is 60.7 Å². The second kappa shape index (κ2) is 24.1. The van der Waals surface area contributed by atoms with E-state index in [1.54, 1.807) is 0 Å². The summed E-state index contributed by atoms with van der Waals surface area (Å²) in [6.45, 7) is 0. The van der Waals surface area contributed by atoms with Gasteiger partial charge in [0.15, 0.2) is 0 Å². The van der Waals surface area contributed by atoms with Crippen LogP contribution in [0.4, 0.5) is 0 Å². The quantitative estimate of drug-likeness (QED) is 0.121. The van der Waals surface area contributed by atoms with Gasteiger partial charge < -0.3 is 25.3 Å². The van der Waals surface area contributed by atoms with E-state index in [-0.39, 0.29) is 21.1 Å². The van der Waals surface area contributed by atoms with Crippen molar-refractivity contribution >= 4 is 72.9 Å². The molecule has 8 rings (SSSR count). The fraction of sp³-hybridized carbons (Fsp3) is 0. The third kappa shape index (κ3) is 14.2. The third-order valence-corrected chi connectivity index (χ3v) is 13.9. The molecule has 0 bridgehead atoms. The molecule has 0 radical (unpaired) electrons. The van der Waals surface area contributed by atoms with Gasteiger partial charge in [-0.1, -0.05) is 170 Å². The maximum absolute atomic E-state index is 4.81. The number of hydrogen-bond acceptors (Lipinski definition) is 2. The molecule has 0 aliphatic heterocycles. The molecular formula is C48H42P2PtS2+2. The van der Waals surface area contributed by atoms with Crippen LogP contribution in [0.2, 0.25) is 0 Å². The van der Waals surface area contributed by atoms with Crippen LogP contribution in [0, 0.1) is 0 Å². The Labute approximate surface area is 344 Å². The Morgan fingerprint density at radius 1 is 0.208 bits per heavy atom. The van der Waals surface area contributed by atoms with Crippen LogP contribution < -0.4 is 31.8 Å². The first-order valence-electron chi connectivity index (χ1n) is 17.2. The van der Waals surface area contributed by atoms with Crippen molar-refractivity contribution < 1.29 is 21.1 Å². The topological polar surface area (TPSA) is 0 Å². The predicted octanol–water partition coefficient (Wildman–Crippen LogP) is 9.54. The van der Waals surface area contributed by atoms with Crippen LogP contribution in [0.15, 0.2) is 252 Å². The van der Waals surface area contributed by atoms with Crippen LogP contribution in [0.25, 0.3) is 0 Å². The monoisotopic (exact) mass is 939 g/mol. The van der Waals surface area contributed by atoms with Crippen molar-refractivity contribution in [1.82, 2.24) is 0 Å². The second-order valence-corrected chi connectivity index (χ2v) is 17.5. The molecule has 0 fully saturated rings. The molecule has 0 saturated heterocycles. The molecule has 0 N–H and O–H groups in total. The minimum Gasteiger partial charge on any atom is -0.780 e. The summed E-state index contributed by atoms with van der Waals surface area (Å²) in [6.07, 6.45) is 0. The fourth-order valence-electron chi connectivity index (χ4n) is 5.47. The summed E-state index contributed by atoms with van der Waals surface area (Å²) in [5.74, 6) is 0. The first-order chi connectivity index (χ1) is 25.7. The van der Waals surface area contributed by atoms with Gasteiger partial charge in [0.25, 0.3) is 0 Å². The number of rotatable bonds is 6. The van der Waals surface area contributed by atoms with E-state index >= 15 is 0 Å². The van der Waals surface area contributed by atoms with Gasteiger partial charge in [-0.25, -0.2) is 0 Å². The molecule has 0 amide bonds. The minimum atomic E-state index is -0.877. The van der Waals surface area contributed by atoms with E-state index < -0.39 is 15.8 Å². The Morgan fingerprint density at radius 3 is 0.453 bits per heavy atom. The smallest absolute Gasteiger partial charge is 0.780 e. The van der Waals surface area contributed by atoms with Crippen molar-refractivity contribution in [1.29, 1.82) is 0 Å². The van der Waals surface area contributed by atoms with E-state index in [0.717, 1.165) is 9.79 Å². The molecule has 0 nitrogen and oxygen atoms in total. The summed E-state index contributed by atoms with van der Waals surface area (Å²) in [6, 6.07) is 84.2. The van der Waals surface area contributed by atoms with Gasteiger partial charge in [0.05, 0.1) is 15.8 Å². The maximum atomic E-state index is 4.81. The van der Waals surface area contributed by atoms with Gasteiger partial charge in [-0.05, 0) is 72.8 Å². The molecule has 264 valence electrons. The normalized spacial score (nSPS) is 9.85. The molecule has 0 unspecified atom stereocenters. The van der Waals surface area contributed by atoms with E-state index in [2.05, 4.69) is 182 Å². The zero-order chi connectivity index (χ0) is 36.1. The molecule has 0 aliphatic carbocycles. The Morgan fingerprint density at radius 2 is 0.340 bits per heavy atom. The van der Waals surface area contributed by atoms with Crippen molar-refractivity contribution in [2.45, 2.75) is 9.79 Å². The molecule has 5 heteroatoms.